The van der Waals surface area contributed by atoms with E-state index in [1.54, 1.807) is 18.2 Å². The first-order chi connectivity index (χ1) is 8.97. The van der Waals surface area contributed by atoms with Crippen LogP contribution in [-0.2, 0) is 4.79 Å². The average Bonchev–Trinajstić information content (AvgIpc) is 2.37. The molecule has 0 aromatic heterocycles. The Bertz CT molecular complexity index is 423. The molecule has 0 spiro atoms. The van der Waals surface area contributed by atoms with Crippen LogP contribution < -0.4 is 10.6 Å². The fourth-order valence-electron chi connectivity index (χ4n) is 2.14. The van der Waals surface area contributed by atoms with Gasteiger partial charge < -0.3 is 5.32 Å². The van der Waals surface area contributed by atoms with E-state index in [0.717, 1.165) is 0 Å². The Labute approximate surface area is 109 Å². The summed E-state index contributed by atoms with van der Waals surface area (Å²) in [4.78, 5) is 11.0. The van der Waals surface area contributed by atoms with Crippen molar-refractivity contribution in [3.8, 4) is 0 Å². The molecule has 0 bridgehead atoms. The van der Waals surface area contributed by atoms with Crippen LogP contribution in [0.4, 0.5) is 13.2 Å². The molecule has 0 aliphatic carbocycles. The van der Waals surface area contributed by atoms with Crippen molar-refractivity contribution in [2.24, 2.45) is 0 Å². The molecule has 6 heteroatoms. The number of benzene rings is 1. The molecule has 3 nitrogen and oxygen atoms in total. The number of hydrogen-bond donors (Lipinski definition) is 2. The predicted octanol–water partition coefficient (Wildman–Crippen LogP) is 2.16. The maximum atomic E-state index is 13.1. The van der Waals surface area contributed by atoms with Gasteiger partial charge in [0.1, 0.15) is 6.04 Å². The second-order valence-electron chi connectivity index (χ2n) is 4.59. The number of carbonyl (C=O) groups is 1. The molecule has 1 aliphatic heterocycles. The van der Waals surface area contributed by atoms with Gasteiger partial charge in [0.05, 0.1) is 0 Å². The molecule has 1 heterocycles. The van der Waals surface area contributed by atoms with Gasteiger partial charge in [-0.1, -0.05) is 30.3 Å². The number of amides is 1. The lowest BCUT2D eigenvalue weighted by Crippen LogP contribution is -2.49. The lowest BCUT2D eigenvalue weighted by atomic mass is 10.0. The summed E-state index contributed by atoms with van der Waals surface area (Å²) in [5.74, 6) is -0.110. The maximum absolute atomic E-state index is 13.1. The monoisotopic (exact) mass is 272 g/mol. The normalized spacial score (nSPS) is 21.8. The van der Waals surface area contributed by atoms with Crippen LogP contribution in [-0.4, -0.2) is 24.7 Å². The average molecular weight is 272 g/mol. The van der Waals surface area contributed by atoms with Gasteiger partial charge in [0, 0.05) is 19.0 Å². The summed E-state index contributed by atoms with van der Waals surface area (Å²) in [6, 6.07) is 5.69. The van der Waals surface area contributed by atoms with Gasteiger partial charge in [-0.15, -0.1) is 0 Å². The molecular formula is C13H15F3N2O. The minimum Gasteiger partial charge on any atom is -0.355 e. The Morgan fingerprint density at radius 2 is 1.95 bits per heavy atom. The van der Waals surface area contributed by atoms with Crippen molar-refractivity contribution in [2.45, 2.75) is 31.1 Å². The van der Waals surface area contributed by atoms with Crippen molar-refractivity contribution in [2.75, 3.05) is 6.54 Å². The van der Waals surface area contributed by atoms with Crippen LogP contribution >= 0.6 is 0 Å². The quantitative estimate of drug-likeness (QED) is 0.885. The summed E-state index contributed by atoms with van der Waals surface area (Å²) >= 11 is 0. The molecule has 19 heavy (non-hydrogen) atoms. The number of alkyl halides is 3. The SMILES string of the molecule is O=C1CCC(NC(c2ccccc2)C(F)(F)F)CN1. The van der Waals surface area contributed by atoms with E-state index >= 15 is 0 Å². The highest BCUT2D eigenvalue weighted by Gasteiger charge is 2.42. The highest BCUT2D eigenvalue weighted by Crippen LogP contribution is 2.33. The van der Waals surface area contributed by atoms with Crippen molar-refractivity contribution < 1.29 is 18.0 Å². The van der Waals surface area contributed by atoms with E-state index < -0.39 is 12.2 Å². The topological polar surface area (TPSA) is 41.1 Å². The molecule has 1 amide bonds. The van der Waals surface area contributed by atoms with Gasteiger partial charge in [-0.25, -0.2) is 0 Å². The van der Waals surface area contributed by atoms with Crippen molar-refractivity contribution in [1.82, 2.24) is 10.6 Å². The lowest BCUT2D eigenvalue weighted by molar-refractivity contribution is -0.160. The van der Waals surface area contributed by atoms with Gasteiger partial charge in [0.15, 0.2) is 0 Å². The van der Waals surface area contributed by atoms with Crippen molar-refractivity contribution in [3.63, 3.8) is 0 Å². The number of piperidine rings is 1. The summed E-state index contributed by atoms with van der Waals surface area (Å²) in [6.07, 6.45) is -3.68. The minimum absolute atomic E-state index is 0.110. The third-order valence-corrected chi connectivity index (χ3v) is 3.13. The highest BCUT2D eigenvalue weighted by molar-refractivity contribution is 5.76. The molecule has 104 valence electrons. The highest BCUT2D eigenvalue weighted by atomic mass is 19.4. The van der Waals surface area contributed by atoms with Crippen molar-refractivity contribution in [1.29, 1.82) is 0 Å². The largest absolute Gasteiger partial charge is 0.407 e. The molecule has 1 aromatic carbocycles. The molecule has 2 rings (SSSR count). The van der Waals surface area contributed by atoms with Gasteiger partial charge in [-0.2, -0.15) is 13.2 Å². The van der Waals surface area contributed by atoms with Crippen molar-refractivity contribution >= 4 is 5.91 Å². The molecule has 2 atom stereocenters. The summed E-state index contributed by atoms with van der Waals surface area (Å²) in [5, 5.41) is 5.16. The summed E-state index contributed by atoms with van der Waals surface area (Å²) in [7, 11) is 0. The second-order valence-corrected chi connectivity index (χ2v) is 4.59. The zero-order valence-corrected chi connectivity index (χ0v) is 10.2. The summed E-state index contributed by atoms with van der Waals surface area (Å²) < 4.78 is 39.3. The van der Waals surface area contributed by atoms with E-state index in [1.807, 2.05) is 0 Å². The Morgan fingerprint density at radius 3 is 2.47 bits per heavy atom. The minimum atomic E-state index is -4.36. The van der Waals surface area contributed by atoms with Crippen LogP contribution in [0.5, 0.6) is 0 Å². The Hall–Kier alpha value is -1.56. The number of halogens is 3. The smallest absolute Gasteiger partial charge is 0.355 e. The molecular weight excluding hydrogens is 257 g/mol. The number of rotatable bonds is 3. The Kier molecular flexibility index (Phi) is 4.09. The number of hydrogen-bond acceptors (Lipinski definition) is 2. The van der Waals surface area contributed by atoms with E-state index in [2.05, 4.69) is 10.6 Å². The molecule has 1 aliphatic rings. The lowest BCUT2D eigenvalue weighted by Gasteiger charge is -2.30. The molecule has 1 fully saturated rings. The van der Waals surface area contributed by atoms with Gasteiger partial charge in [-0.05, 0) is 12.0 Å². The molecule has 0 saturated carbocycles. The zero-order chi connectivity index (χ0) is 13.9. The molecule has 0 radical (unpaired) electrons. The third-order valence-electron chi connectivity index (χ3n) is 3.13. The number of carbonyl (C=O) groups excluding carboxylic acids is 1. The standard InChI is InChI=1S/C13H15F3N2O/c14-13(15,16)12(9-4-2-1-3-5-9)18-10-6-7-11(19)17-8-10/h1-5,10,12,18H,6-8H2,(H,17,19). The molecule has 1 aromatic rings. The van der Waals surface area contributed by atoms with E-state index in [9.17, 15) is 18.0 Å². The van der Waals surface area contributed by atoms with Crippen LogP contribution in [0.25, 0.3) is 0 Å². The summed E-state index contributed by atoms with van der Waals surface area (Å²) in [6.45, 7) is 0.234. The first-order valence-electron chi connectivity index (χ1n) is 6.11. The first-order valence-corrected chi connectivity index (χ1v) is 6.11. The fraction of sp³-hybridized carbons (Fsp3) is 0.462. The van der Waals surface area contributed by atoms with Gasteiger partial charge in [-0.3, -0.25) is 10.1 Å². The van der Waals surface area contributed by atoms with E-state index in [1.165, 1.54) is 12.1 Å². The van der Waals surface area contributed by atoms with Crippen LogP contribution in [0.3, 0.4) is 0 Å². The zero-order valence-electron chi connectivity index (χ0n) is 10.2. The van der Waals surface area contributed by atoms with E-state index in [4.69, 9.17) is 0 Å². The second kappa shape index (κ2) is 5.61. The van der Waals surface area contributed by atoms with E-state index in [0.29, 0.717) is 6.42 Å². The maximum Gasteiger partial charge on any atom is 0.407 e. The van der Waals surface area contributed by atoms with Crippen LogP contribution in [0.2, 0.25) is 0 Å². The van der Waals surface area contributed by atoms with Crippen LogP contribution in [0.15, 0.2) is 30.3 Å². The Morgan fingerprint density at radius 1 is 1.26 bits per heavy atom. The Balaban J connectivity index is 2.09. The molecule has 2 N–H and O–H groups in total. The third kappa shape index (κ3) is 3.70. The van der Waals surface area contributed by atoms with Gasteiger partial charge in [0.25, 0.3) is 0 Å². The molecule has 1 saturated heterocycles. The van der Waals surface area contributed by atoms with Crippen molar-refractivity contribution in [3.05, 3.63) is 35.9 Å². The first kappa shape index (κ1) is 13.9. The van der Waals surface area contributed by atoms with Gasteiger partial charge >= 0.3 is 6.18 Å². The predicted molar refractivity (Wildman–Crippen MR) is 64.4 cm³/mol. The fourth-order valence-corrected chi connectivity index (χ4v) is 2.14. The van der Waals surface area contributed by atoms with E-state index in [-0.39, 0.29) is 30.5 Å². The van der Waals surface area contributed by atoms with Crippen LogP contribution in [0.1, 0.15) is 24.4 Å². The molecule has 2 unspecified atom stereocenters. The summed E-state index contributed by atoms with van der Waals surface area (Å²) in [5.41, 5.74) is 0.187. The van der Waals surface area contributed by atoms with Crippen LogP contribution in [0, 0.1) is 0 Å². The van der Waals surface area contributed by atoms with Gasteiger partial charge in [0.2, 0.25) is 5.91 Å². The number of nitrogens with one attached hydrogen (secondary N) is 2.